The molecule has 17 heavy (non-hydrogen) atoms. The second kappa shape index (κ2) is 5.65. The highest BCUT2D eigenvalue weighted by atomic mass is 15.2. The fraction of sp³-hybridized carbons (Fsp3) is 0.600. The van der Waals surface area contributed by atoms with Crippen molar-refractivity contribution < 1.29 is 0 Å². The monoisotopic (exact) mass is 232 g/mol. The maximum absolute atomic E-state index is 3.49. The van der Waals surface area contributed by atoms with Crippen LogP contribution in [0, 0.1) is 0 Å². The van der Waals surface area contributed by atoms with Gasteiger partial charge in [-0.05, 0) is 38.9 Å². The molecule has 0 bridgehead atoms. The number of hydrogen-bond donors (Lipinski definition) is 1. The van der Waals surface area contributed by atoms with Crippen molar-refractivity contribution in [1.82, 2.24) is 10.2 Å². The summed E-state index contributed by atoms with van der Waals surface area (Å²) >= 11 is 0. The van der Waals surface area contributed by atoms with Crippen molar-refractivity contribution in [3.63, 3.8) is 0 Å². The SMILES string of the molecule is CCC(C(NC)c1ccccc1)N(C)C1CC1. The summed E-state index contributed by atoms with van der Waals surface area (Å²) in [6.07, 6.45) is 3.93. The maximum atomic E-state index is 3.49. The number of rotatable bonds is 6. The topological polar surface area (TPSA) is 15.3 Å². The second-order valence-electron chi connectivity index (χ2n) is 5.05. The van der Waals surface area contributed by atoms with Crippen molar-refractivity contribution in [2.75, 3.05) is 14.1 Å². The third kappa shape index (κ3) is 2.88. The first kappa shape index (κ1) is 12.6. The number of nitrogens with zero attached hydrogens (tertiary/aromatic N) is 1. The summed E-state index contributed by atoms with van der Waals surface area (Å²) in [5.41, 5.74) is 1.40. The van der Waals surface area contributed by atoms with Crippen molar-refractivity contribution in [3.05, 3.63) is 35.9 Å². The zero-order valence-corrected chi connectivity index (χ0v) is 11.2. The zero-order valence-electron chi connectivity index (χ0n) is 11.2. The van der Waals surface area contributed by atoms with Crippen molar-refractivity contribution in [2.45, 2.75) is 44.3 Å². The zero-order chi connectivity index (χ0) is 12.3. The fourth-order valence-electron chi connectivity index (χ4n) is 2.75. The van der Waals surface area contributed by atoms with Crippen LogP contribution in [0.3, 0.4) is 0 Å². The highest BCUT2D eigenvalue weighted by Gasteiger charge is 2.34. The molecule has 0 aromatic heterocycles. The van der Waals surface area contributed by atoms with Gasteiger partial charge in [0.2, 0.25) is 0 Å². The van der Waals surface area contributed by atoms with E-state index >= 15 is 0 Å². The van der Waals surface area contributed by atoms with E-state index in [1.807, 2.05) is 0 Å². The maximum Gasteiger partial charge on any atom is 0.0475 e. The van der Waals surface area contributed by atoms with Crippen molar-refractivity contribution in [3.8, 4) is 0 Å². The van der Waals surface area contributed by atoms with Gasteiger partial charge in [0.05, 0.1) is 0 Å². The van der Waals surface area contributed by atoms with Crippen molar-refractivity contribution in [1.29, 1.82) is 0 Å². The van der Waals surface area contributed by atoms with Crippen LogP contribution < -0.4 is 5.32 Å². The molecule has 0 amide bonds. The minimum absolute atomic E-state index is 0.437. The van der Waals surface area contributed by atoms with Crippen LogP contribution in [0.25, 0.3) is 0 Å². The third-order valence-corrected chi connectivity index (χ3v) is 3.92. The number of benzene rings is 1. The molecule has 0 saturated heterocycles. The molecule has 1 aromatic rings. The first-order valence-electron chi connectivity index (χ1n) is 6.72. The molecule has 0 heterocycles. The van der Waals surface area contributed by atoms with E-state index in [-0.39, 0.29) is 0 Å². The highest BCUT2D eigenvalue weighted by Crippen LogP contribution is 2.32. The van der Waals surface area contributed by atoms with Gasteiger partial charge in [-0.2, -0.15) is 0 Å². The summed E-state index contributed by atoms with van der Waals surface area (Å²) < 4.78 is 0. The standard InChI is InChI=1S/C15H24N2/c1-4-14(17(3)13-10-11-13)15(16-2)12-8-6-5-7-9-12/h5-9,13-16H,4,10-11H2,1-3H3. The molecule has 1 aromatic carbocycles. The summed E-state index contributed by atoms with van der Waals surface area (Å²) in [5.74, 6) is 0. The summed E-state index contributed by atoms with van der Waals surface area (Å²) in [5, 5.41) is 3.49. The number of likely N-dealkylation sites (N-methyl/N-ethyl adjacent to an activating group) is 2. The Balaban J connectivity index is 2.14. The Bertz CT molecular complexity index is 332. The Morgan fingerprint density at radius 2 is 1.94 bits per heavy atom. The quantitative estimate of drug-likeness (QED) is 0.811. The Morgan fingerprint density at radius 3 is 2.41 bits per heavy atom. The largest absolute Gasteiger partial charge is 0.312 e. The summed E-state index contributed by atoms with van der Waals surface area (Å²) in [6, 6.07) is 12.6. The first-order valence-corrected chi connectivity index (χ1v) is 6.72. The lowest BCUT2D eigenvalue weighted by molar-refractivity contribution is 0.182. The molecule has 1 saturated carbocycles. The molecule has 1 fully saturated rings. The van der Waals surface area contributed by atoms with Gasteiger partial charge < -0.3 is 5.32 Å². The van der Waals surface area contributed by atoms with Gasteiger partial charge in [0.25, 0.3) is 0 Å². The molecule has 2 rings (SSSR count). The first-order chi connectivity index (χ1) is 8.27. The molecule has 2 unspecified atom stereocenters. The van der Waals surface area contributed by atoms with Gasteiger partial charge in [0, 0.05) is 18.1 Å². The number of nitrogens with one attached hydrogen (secondary N) is 1. The van der Waals surface area contributed by atoms with Crippen molar-refractivity contribution in [2.24, 2.45) is 0 Å². The fourth-order valence-corrected chi connectivity index (χ4v) is 2.75. The van der Waals surface area contributed by atoms with Crippen LogP contribution >= 0.6 is 0 Å². The predicted molar refractivity (Wildman–Crippen MR) is 73.1 cm³/mol. The van der Waals surface area contributed by atoms with Gasteiger partial charge in [-0.25, -0.2) is 0 Å². The van der Waals surface area contributed by atoms with E-state index in [4.69, 9.17) is 0 Å². The van der Waals surface area contributed by atoms with Crippen LogP contribution in [0.2, 0.25) is 0 Å². The average Bonchev–Trinajstić information content (AvgIpc) is 3.20. The summed E-state index contributed by atoms with van der Waals surface area (Å²) in [7, 11) is 4.35. The average molecular weight is 232 g/mol. The van der Waals surface area contributed by atoms with Gasteiger partial charge in [-0.15, -0.1) is 0 Å². The molecule has 1 N–H and O–H groups in total. The predicted octanol–water partition coefficient (Wildman–Crippen LogP) is 2.82. The minimum Gasteiger partial charge on any atom is -0.312 e. The van der Waals surface area contributed by atoms with E-state index in [1.165, 1.54) is 24.8 Å². The lowest BCUT2D eigenvalue weighted by Crippen LogP contribution is -2.42. The van der Waals surface area contributed by atoms with Crippen LogP contribution in [-0.4, -0.2) is 31.1 Å². The third-order valence-electron chi connectivity index (χ3n) is 3.92. The molecule has 2 atom stereocenters. The van der Waals surface area contributed by atoms with E-state index in [0.717, 1.165) is 6.04 Å². The van der Waals surface area contributed by atoms with Crippen LogP contribution in [0.5, 0.6) is 0 Å². The Labute approximate surface area is 105 Å². The van der Waals surface area contributed by atoms with E-state index in [0.29, 0.717) is 12.1 Å². The lowest BCUT2D eigenvalue weighted by atomic mass is 9.96. The molecule has 1 aliphatic carbocycles. The molecular weight excluding hydrogens is 208 g/mol. The van der Waals surface area contributed by atoms with E-state index < -0.39 is 0 Å². The molecular formula is C15H24N2. The molecule has 1 aliphatic rings. The van der Waals surface area contributed by atoms with E-state index in [1.54, 1.807) is 0 Å². The Kier molecular flexibility index (Phi) is 4.19. The summed E-state index contributed by atoms with van der Waals surface area (Å²) in [4.78, 5) is 2.56. The smallest absolute Gasteiger partial charge is 0.0475 e. The summed E-state index contributed by atoms with van der Waals surface area (Å²) in [6.45, 7) is 2.29. The van der Waals surface area contributed by atoms with Crippen molar-refractivity contribution >= 4 is 0 Å². The lowest BCUT2D eigenvalue weighted by Gasteiger charge is -2.34. The Hall–Kier alpha value is -0.860. The molecule has 94 valence electrons. The van der Waals surface area contributed by atoms with Crippen LogP contribution in [0.1, 0.15) is 37.8 Å². The number of hydrogen-bond acceptors (Lipinski definition) is 2. The van der Waals surface area contributed by atoms with E-state index in [9.17, 15) is 0 Å². The molecule has 0 spiro atoms. The highest BCUT2D eigenvalue weighted by molar-refractivity contribution is 5.20. The van der Waals surface area contributed by atoms with Gasteiger partial charge >= 0.3 is 0 Å². The van der Waals surface area contributed by atoms with Crippen LogP contribution in [-0.2, 0) is 0 Å². The molecule has 0 radical (unpaired) electrons. The van der Waals surface area contributed by atoms with Gasteiger partial charge in [-0.1, -0.05) is 37.3 Å². The Morgan fingerprint density at radius 1 is 1.29 bits per heavy atom. The van der Waals surface area contributed by atoms with Gasteiger partial charge in [0.15, 0.2) is 0 Å². The van der Waals surface area contributed by atoms with Crippen LogP contribution in [0.15, 0.2) is 30.3 Å². The molecule has 2 nitrogen and oxygen atoms in total. The molecule has 0 aliphatic heterocycles. The second-order valence-corrected chi connectivity index (χ2v) is 5.05. The van der Waals surface area contributed by atoms with Gasteiger partial charge in [0.1, 0.15) is 0 Å². The normalized spacial score (nSPS) is 19.3. The van der Waals surface area contributed by atoms with Crippen LogP contribution in [0.4, 0.5) is 0 Å². The van der Waals surface area contributed by atoms with Gasteiger partial charge in [-0.3, -0.25) is 4.90 Å². The minimum atomic E-state index is 0.437. The van der Waals surface area contributed by atoms with E-state index in [2.05, 4.69) is 61.6 Å². The molecule has 2 heteroatoms.